The molecule has 130 valence electrons. The lowest BCUT2D eigenvalue weighted by Gasteiger charge is -2.10. The van der Waals surface area contributed by atoms with Gasteiger partial charge < -0.3 is 10.0 Å². The van der Waals surface area contributed by atoms with Crippen molar-refractivity contribution in [3.63, 3.8) is 0 Å². The SMILES string of the molecule is CCCCCCCc1cc(CCCCCCC)cc(B(O)O)c1. The molecule has 3 heteroatoms. The van der Waals surface area contributed by atoms with Gasteiger partial charge in [0.05, 0.1) is 0 Å². The number of hydrogen-bond acceptors (Lipinski definition) is 2. The molecule has 0 saturated carbocycles. The monoisotopic (exact) mass is 318 g/mol. The van der Waals surface area contributed by atoms with Crippen LogP contribution in [0.1, 0.15) is 89.2 Å². The van der Waals surface area contributed by atoms with Crippen LogP contribution in [0.2, 0.25) is 0 Å². The largest absolute Gasteiger partial charge is 0.488 e. The van der Waals surface area contributed by atoms with Crippen molar-refractivity contribution < 1.29 is 10.0 Å². The highest BCUT2D eigenvalue weighted by Gasteiger charge is 2.13. The Morgan fingerprint density at radius 1 is 0.652 bits per heavy atom. The smallest absolute Gasteiger partial charge is 0.423 e. The summed E-state index contributed by atoms with van der Waals surface area (Å²) >= 11 is 0. The molecule has 0 aliphatic heterocycles. The van der Waals surface area contributed by atoms with Crippen LogP contribution in [0, 0.1) is 0 Å². The minimum atomic E-state index is -1.35. The number of aryl methyl sites for hydroxylation is 2. The van der Waals surface area contributed by atoms with Gasteiger partial charge in [0.25, 0.3) is 0 Å². The lowest BCUT2D eigenvalue weighted by atomic mass is 9.78. The van der Waals surface area contributed by atoms with Crippen LogP contribution in [-0.2, 0) is 12.8 Å². The Labute approximate surface area is 143 Å². The van der Waals surface area contributed by atoms with E-state index in [0.29, 0.717) is 5.46 Å². The van der Waals surface area contributed by atoms with Crippen LogP contribution in [0.5, 0.6) is 0 Å². The minimum Gasteiger partial charge on any atom is -0.423 e. The van der Waals surface area contributed by atoms with Crippen molar-refractivity contribution >= 4 is 12.6 Å². The van der Waals surface area contributed by atoms with Crippen LogP contribution in [-0.4, -0.2) is 17.2 Å². The van der Waals surface area contributed by atoms with Gasteiger partial charge >= 0.3 is 7.12 Å². The van der Waals surface area contributed by atoms with E-state index < -0.39 is 7.12 Å². The van der Waals surface area contributed by atoms with Crippen LogP contribution in [0.15, 0.2) is 18.2 Å². The van der Waals surface area contributed by atoms with Crippen LogP contribution >= 0.6 is 0 Å². The summed E-state index contributed by atoms with van der Waals surface area (Å²) in [6, 6.07) is 6.20. The lowest BCUT2D eigenvalue weighted by molar-refractivity contribution is 0.425. The summed E-state index contributed by atoms with van der Waals surface area (Å²) in [5.74, 6) is 0. The van der Waals surface area contributed by atoms with Crippen molar-refractivity contribution in [2.45, 2.75) is 90.9 Å². The summed E-state index contributed by atoms with van der Waals surface area (Å²) in [7, 11) is -1.35. The molecule has 0 bridgehead atoms. The van der Waals surface area contributed by atoms with Crippen molar-refractivity contribution in [1.29, 1.82) is 0 Å². The Balaban J connectivity index is 2.52. The molecule has 2 nitrogen and oxygen atoms in total. The molecular weight excluding hydrogens is 283 g/mol. The fraction of sp³-hybridized carbons (Fsp3) is 0.700. The van der Waals surface area contributed by atoms with Crippen LogP contribution in [0.4, 0.5) is 0 Å². The summed E-state index contributed by atoms with van der Waals surface area (Å²) in [5.41, 5.74) is 3.17. The molecule has 0 aliphatic carbocycles. The standard InChI is InChI=1S/C20H35BO2/c1-3-5-7-9-11-13-18-15-19(14-12-10-8-6-4-2)17-20(16-18)21(22)23/h15-17,22-23H,3-14H2,1-2H3. The predicted octanol–water partition coefficient (Wildman–Crippen LogP) is 4.39. The predicted molar refractivity (Wildman–Crippen MR) is 101 cm³/mol. The van der Waals surface area contributed by atoms with Gasteiger partial charge in [-0.25, -0.2) is 0 Å². The average Bonchev–Trinajstić information content (AvgIpc) is 2.54. The third-order valence-electron chi connectivity index (χ3n) is 4.51. The van der Waals surface area contributed by atoms with Gasteiger partial charge in [0.2, 0.25) is 0 Å². The molecule has 23 heavy (non-hydrogen) atoms. The average molecular weight is 318 g/mol. The molecule has 1 rings (SSSR count). The minimum absolute atomic E-state index is 0.652. The van der Waals surface area contributed by atoms with Gasteiger partial charge in [0.15, 0.2) is 0 Å². The first-order valence-electron chi connectivity index (χ1n) is 9.66. The zero-order valence-corrected chi connectivity index (χ0v) is 15.2. The maximum Gasteiger partial charge on any atom is 0.488 e. The number of rotatable bonds is 13. The summed E-state index contributed by atoms with van der Waals surface area (Å²) in [6.07, 6.45) is 14.8. The van der Waals surface area contributed by atoms with Gasteiger partial charge in [-0.1, -0.05) is 83.4 Å². The second-order valence-corrected chi connectivity index (χ2v) is 6.78. The van der Waals surface area contributed by atoms with E-state index in [0.717, 1.165) is 12.8 Å². The van der Waals surface area contributed by atoms with Crippen LogP contribution < -0.4 is 5.46 Å². The number of hydrogen-bond donors (Lipinski definition) is 2. The normalized spacial score (nSPS) is 11.0. The molecule has 0 heterocycles. The van der Waals surface area contributed by atoms with Crippen molar-refractivity contribution in [3.05, 3.63) is 29.3 Å². The van der Waals surface area contributed by atoms with Gasteiger partial charge in [-0.05, 0) is 42.3 Å². The number of unbranched alkanes of at least 4 members (excludes halogenated alkanes) is 8. The summed E-state index contributed by atoms with van der Waals surface area (Å²) in [5, 5.41) is 19.0. The van der Waals surface area contributed by atoms with Crippen molar-refractivity contribution in [2.24, 2.45) is 0 Å². The highest BCUT2D eigenvalue weighted by atomic mass is 16.4. The Morgan fingerprint density at radius 3 is 1.48 bits per heavy atom. The maximum absolute atomic E-state index is 9.51. The van der Waals surface area contributed by atoms with Crippen LogP contribution in [0.25, 0.3) is 0 Å². The first-order valence-corrected chi connectivity index (χ1v) is 9.66. The second-order valence-electron chi connectivity index (χ2n) is 6.78. The summed E-state index contributed by atoms with van der Waals surface area (Å²) in [6.45, 7) is 4.47. The number of benzene rings is 1. The van der Waals surface area contributed by atoms with Crippen molar-refractivity contribution in [3.8, 4) is 0 Å². The highest BCUT2D eigenvalue weighted by molar-refractivity contribution is 6.58. The van der Waals surface area contributed by atoms with Gasteiger partial charge in [-0.3, -0.25) is 0 Å². The van der Waals surface area contributed by atoms with Crippen molar-refractivity contribution in [1.82, 2.24) is 0 Å². The zero-order valence-electron chi connectivity index (χ0n) is 15.2. The first kappa shape index (κ1) is 20.2. The third kappa shape index (κ3) is 9.17. The molecule has 1 aromatic rings. The van der Waals surface area contributed by atoms with Gasteiger partial charge in [-0.15, -0.1) is 0 Å². The Bertz CT molecular complexity index is 386. The summed E-state index contributed by atoms with van der Waals surface area (Å²) in [4.78, 5) is 0. The van der Waals surface area contributed by atoms with Gasteiger partial charge in [0.1, 0.15) is 0 Å². The second kappa shape index (κ2) is 12.6. The molecule has 1 aromatic carbocycles. The molecule has 0 radical (unpaired) electrons. The Hall–Kier alpha value is -0.795. The van der Waals surface area contributed by atoms with E-state index in [9.17, 15) is 10.0 Å². The molecule has 0 unspecified atom stereocenters. The van der Waals surface area contributed by atoms with E-state index in [1.54, 1.807) is 0 Å². The molecule has 0 amide bonds. The molecule has 0 atom stereocenters. The van der Waals surface area contributed by atoms with E-state index in [1.165, 1.54) is 75.3 Å². The van der Waals surface area contributed by atoms with E-state index in [2.05, 4.69) is 19.9 Å². The Kier molecular flexibility index (Phi) is 11.1. The molecular formula is C20H35BO2. The maximum atomic E-state index is 9.51. The van der Waals surface area contributed by atoms with E-state index in [1.807, 2.05) is 12.1 Å². The van der Waals surface area contributed by atoms with E-state index >= 15 is 0 Å². The quantitative estimate of drug-likeness (QED) is 0.418. The fourth-order valence-electron chi connectivity index (χ4n) is 3.09. The summed E-state index contributed by atoms with van der Waals surface area (Å²) < 4.78 is 0. The zero-order chi connectivity index (χ0) is 16.9. The van der Waals surface area contributed by atoms with E-state index in [-0.39, 0.29) is 0 Å². The highest BCUT2D eigenvalue weighted by Crippen LogP contribution is 2.13. The first-order chi connectivity index (χ1) is 11.2. The Morgan fingerprint density at radius 2 is 1.09 bits per heavy atom. The molecule has 0 saturated heterocycles. The lowest BCUT2D eigenvalue weighted by Crippen LogP contribution is -2.30. The van der Waals surface area contributed by atoms with Crippen LogP contribution in [0.3, 0.4) is 0 Å². The molecule has 0 spiro atoms. The topological polar surface area (TPSA) is 40.5 Å². The van der Waals surface area contributed by atoms with E-state index in [4.69, 9.17) is 0 Å². The van der Waals surface area contributed by atoms with Crippen molar-refractivity contribution in [2.75, 3.05) is 0 Å². The fourth-order valence-corrected chi connectivity index (χ4v) is 3.09. The molecule has 2 N–H and O–H groups in total. The third-order valence-corrected chi connectivity index (χ3v) is 4.51. The molecule has 0 aliphatic rings. The van der Waals surface area contributed by atoms with Gasteiger partial charge in [-0.2, -0.15) is 0 Å². The van der Waals surface area contributed by atoms with Gasteiger partial charge in [0, 0.05) is 0 Å². The molecule has 0 aromatic heterocycles. The molecule has 0 fully saturated rings.